The highest BCUT2D eigenvalue weighted by molar-refractivity contribution is 5.69. The molecule has 0 unspecified atom stereocenters. The minimum absolute atomic E-state index is 0.500. The molecule has 1 rings (SSSR count). The summed E-state index contributed by atoms with van der Waals surface area (Å²) in [5, 5.41) is 6.32. The van der Waals surface area contributed by atoms with Crippen molar-refractivity contribution in [3.05, 3.63) is 12.3 Å². The van der Waals surface area contributed by atoms with E-state index >= 15 is 0 Å². The molecule has 0 aliphatic carbocycles. The Balaban J connectivity index is 2.29. The van der Waals surface area contributed by atoms with Crippen LogP contribution < -0.4 is 10.9 Å². The van der Waals surface area contributed by atoms with Crippen LogP contribution in [-0.4, -0.2) is 21.9 Å². The minimum atomic E-state index is -0.535. The SMILES string of the molecule is CC(C)(C)OC(=O)NNc1ccn[nH]1. The van der Waals surface area contributed by atoms with Crippen molar-refractivity contribution in [2.45, 2.75) is 26.4 Å². The van der Waals surface area contributed by atoms with Crippen LogP contribution in [0.25, 0.3) is 0 Å². The molecule has 0 radical (unpaired) electrons. The van der Waals surface area contributed by atoms with Gasteiger partial charge in [0.2, 0.25) is 0 Å². The van der Waals surface area contributed by atoms with Gasteiger partial charge in [0.1, 0.15) is 11.4 Å². The fourth-order valence-corrected chi connectivity index (χ4v) is 0.747. The van der Waals surface area contributed by atoms with Crippen LogP contribution in [0.15, 0.2) is 12.3 Å². The number of nitrogens with zero attached hydrogens (tertiary/aromatic N) is 1. The first-order valence-electron chi connectivity index (χ1n) is 4.22. The number of carbonyl (C=O) groups is 1. The Hall–Kier alpha value is -1.72. The molecule has 0 bridgehead atoms. The molecule has 1 heterocycles. The van der Waals surface area contributed by atoms with Gasteiger partial charge < -0.3 is 4.74 Å². The second-order valence-electron chi connectivity index (χ2n) is 3.72. The first kappa shape index (κ1) is 10.4. The molecular formula is C8H14N4O2. The van der Waals surface area contributed by atoms with E-state index in [0.717, 1.165) is 0 Å². The Bertz CT molecular complexity index is 289. The largest absolute Gasteiger partial charge is 0.443 e. The number of hydrazine groups is 1. The fourth-order valence-electron chi connectivity index (χ4n) is 0.747. The van der Waals surface area contributed by atoms with E-state index in [2.05, 4.69) is 21.0 Å². The number of hydrogen-bond donors (Lipinski definition) is 3. The summed E-state index contributed by atoms with van der Waals surface area (Å²) in [5.41, 5.74) is 4.46. The Morgan fingerprint density at radius 2 is 2.29 bits per heavy atom. The number of ether oxygens (including phenoxy) is 1. The first-order valence-corrected chi connectivity index (χ1v) is 4.22. The molecule has 78 valence electrons. The number of amides is 1. The third kappa shape index (κ3) is 3.79. The van der Waals surface area contributed by atoms with Crippen LogP contribution in [0.5, 0.6) is 0 Å². The summed E-state index contributed by atoms with van der Waals surface area (Å²) < 4.78 is 4.99. The number of rotatable bonds is 2. The van der Waals surface area contributed by atoms with Gasteiger partial charge in [-0.25, -0.2) is 10.2 Å². The lowest BCUT2D eigenvalue weighted by Crippen LogP contribution is -2.35. The van der Waals surface area contributed by atoms with E-state index in [4.69, 9.17) is 4.74 Å². The maximum atomic E-state index is 11.1. The van der Waals surface area contributed by atoms with E-state index in [1.165, 1.54) is 0 Å². The lowest BCUT2D eigenvalue weighted by Gasteiger charge is -2.19. The molecule has 0 aromatic carbocycles. The summed E-state index contributed by atoms with van der Waals surface area (Å²) in [5.74, 6) is 0.593. The number of carbonyl (C=O) groups excluding carboxylic acids is 1. The van der Waals surface area contributed by atoms with Gasteiger partial charge in [0.05, 0.1) is 6.20 Å². The molecule has 14 heavy (non-hydrogen) atoms. The van der Waals surface area contributed by atoms with E-state index in [9.17, 15) is 4.79 Å². The maximum Gasteiger partial charge on any atom is 0.426 e. The lowest BCUT2D eigenvalue weighted by atomic mass is 10.2. The number of hydrogen-bond acceptors (Lipinski definition) is 4. The molecular weight excluding hydrogens is 184 g/mol. The van der Waals surface area contributed by atoms with Gasteiger partial charge in [-0.3, -0.25) is 10.5 Å². The fraction of sp³-hybridized carbons (Fsp3) is 0.500. The third-order valence-corrected chi connectivity index (χ3v) is 1.20. The topological polar surface area (TPSA) is 79.0 Å². The predicted octanol–water partition coefficient (Wildman–Crippen LogP) is 1.26. The summed E-state index contributed by atoms with van der Waals surface area (Å²) in [6.45, 7) is 5.38. The van der Waals surface area contributed by atoms with Crippen LogP contribution >= 0.6 is 0 Å². The van der Waals surface area contributed by atoms with Crippen molar-refractivity contribution in [2.24, 2.45) is 0 Å². The maximum absolute atomic E-state index is 11.1. The van der Waals surface area contributed by atoms with Crippen molar-refractivity contribution in [1.82, 2.24) is 15.6 Å². The molecule has 1 aromatic rings. The van der Waals surface area contributed by atoms with E-state index < -0.39 is 11.7 Å². The molecule has 0 aliphatic rings. The van der Waals surface area contributed by atoms with Gasteiger partial charge in [-0.2, -0.15) is 5.10 Å². The average Bonchev–Trinajstić information content (AvgIpc) is 2.49. The Morgan fingerprint density at radius 3 is 2.79 bits per heavy atom. The second-order valence-corrected chi connectivity index (χ2v) is 3.72. The minimum Gasteiger partial charge on any atom is -0.443 e. The van der Waals surface area contributed by atoms with Gasteiger partial charge >= 0.3 is 6.09 Å². The smallest absolute Gasteiger partial charge is 0.426 e. The van der Waals surface area contributed by atoms with Gasteiger partial charge in [-0.05, 0) is 20.8 Å². The zero-order chi connectivity index (χ0) is 10.6. The van der Waals surface area contributed by atoms with Crippen LogP contribution in [0.3, 0.4) is 0 Å². The highest BCUT2D eigenvalue weighted by atomic mass is 16.6. The molecule has 0 spiro atoms. The Labute approximate surface area is 82.0 Å². The third-order valence-electron chi connectivity index (χ3n) is 1.20. The van der Waals surface area contributed by atoms with Gasteiger partial charge in [-0.15, -0.1) is 0 Å². The standard InChI is InChI=1S/C8H14N4O2/c1-8(2,3)14-7(13)12-11-6-4-5-9-10-6/h4-5H,1-3H3,(H,12,13)(H2,9,10,11). The Morgan fingerprint density at radius 1 is 1.57 bits per heavy atom. The normalized spacial score (nSPS) is 10.8. The Kier molecular flexibility index (Phi) is 2.95. The highest BCUT2D eigenvalue weighted by Gasteiger charge is 2.15. The summed E-state index contributed by atoms with van der Waals surface area (Å²) in [6.07, 6.45) is 1.03. The van der Waals surface area contributed by atoms with Gasteiger partial charge in [-0.1, -0.05) is 0 Å². The zero-order valence-electron chi connectivity index (χ0n) is 8.42. The van der Waals surface area contributed by atoms with Crippen molar-refractivity contribution < 1.29 is 9.53 Å². The van der Waals surface area contributed by atoms with Crippen LogP contribution in [0, 0.1) is 0 Å². The lowest BCUT2D eigenvalue weighted by molar-refractivity contribution is 0.0541. The summed E-state index contributed by atoms with van der Waals surface area (Å²) in [4.78, 5) is 11.1. The number of nitrogens with one attached hydrogen (secondary N) is 3. The van der Waals surface area contributed by atoms with E-state index in [1.807, 2.05) is 0 Å². The van der Waals surface area contributed by atoms with Gasteiger partial charge in [0.15, 0.2) is 0 Å². The molecule has 0 atom stereocenters. The molecule has 0 saturated heterocycles. The van der Waals surface area contributed by atoms with Crippen molar-refractivity contribution in [1.29, 1.82) is 0 Å². The molecule has 0 aliphatic heterocycles. The monoisotopic (exact) mass is 198 g/mol. The van der Waals surface area contributed by atoms with E-state index in [-0.39, 0.29) is 0 Å². The number of H-pyrrole nitrogens is 1. The zero-order valence-corrected chi connectivity index (χ0v) is 8.42. The van der Waals surface area contributed by atoms with E-state index in [0.29, 0.717) is 5.82 Å². The van der Waals surface area contributed by atoms with Crippen LogP contribution in [0.1, 0.15) is 20.8 Å². The molecule has 1 amide bonds. The van der Waals surface area contributed by atoms with Crippen LogP contribution in [-0.2, 0) is 4.74 Å². The molecule has 0 fully saturated rings. The molecule has 6 nitrogen and oxygen atoms in total. The second kappa shape index (κ2) is 3.99. The highest BCUT2D eigenvalue weighted by Crippen LogP contribution is 2.06. The quantitative estimate of drug-likeness (QED) is 0.625. The first-order chi connectivity index (χ1) is 6.47. The van der Waals surface area contributed by atoms with Crippen molar-refractivity contribution in [3.63, 3.8) is 0 Å². The van der Waals surface area contributed by atoms with Gasteiger partial charge in [0.25, 0.3) is 0 Å². The van der Waals surface area contributed by atoms with Gasteiger partial charge in [0, 0.05) is 6.07 Å². The van der Waals surface area contributed by atoms with Crippen molar-refractivity contribution in [2.75, 3.05) is 5.43 Å². The average molecular weight is 198 g/mol. The van der Waals surface area contributed by atoms with E-state index in [1.54, 1.807) is 33.0 Å². The number of aromatic amines is 1. The molecule has 6 heteroatoms. The molecule has 3 N–H and O–H groups in total. The predicted molar refractivity (Wildman–Crippen MR) is 51.6 cm³/mol. The summed E-state index contributed by atoms with van der Waals surface area (Å²) >= 11 is 0. The number of anilines is 1. The van der Waals surface area contributed by atoms with Crippen molar-refractivity contribution in [3.8, 4) is 0 Å². The van der Waals surface area contributed by atoms with Crippen LogP contribution in [0.4, 0.5) is 10.6 Å². The molecule has 1 aromatic heterocycles. The number of aromatic nitrogens is 2. The summed E-state index contributed by atoms with van der Waals surface area (Å²) in [7, 11) is 0. The van der Waals surface area contributed by atoms with Crippen LogP contribution in [0.2, 0.25) is 0 Å². The van der Waals surface area contributed by atoms with Crippen molar-refractivity contribution >= 4 is 11.9 Å². The molecule has 0 saturated carbocycles. The summed E-state index contributed by atoms with van der Waals surface area (Å²) in [6, 6.07) is 1.68.